The van der Waals surface area contributed by atoms with E-state index in [0.29, 0.717) is 6.04 Å². The van der Waals surface area contributed by atoms with Crippen molar-refractivity contribution in [3.63, 3.8) is 0 Å². The maximum absolute atomic E-state index is 5.85. The number of ether oxygens (including phenoxy) is 1. The first kappa shape index (κ1) is 13.9. The largest absolute Gasteiger partial charge is 0.361 e. The number of hydrogen-bond donors (Lipinski definition) is 0. The molecule has 0 aliphatic rings. The van der Waals surface area contributed by atoms with Crippen LogP contribution in [0.15, 0.2) is 0 Å². The molecule has 0 saturated heterocycles. The maximum atomic E-state index is 5.85. The zero-order valence-electron chi connectivity index (χ0n) is 10.8. The molecule has 2 heteroatoms. The molecule has 0 rings (SSSR count). The van der Waals surface area contributed by atoms with Crippen LogP contribution in [0.3, 0.4) is 0 Å². The van der Waals surface area contributed by atoms with Crippen LogP contribution in [-0.2, 0) is 4.74 Å². The predicted molar refractivity (Wildman–Crippen MR) is 62.5 cm³/mol. The molecule has 1 atom stereocenters. The molecule has 0 saturated carbocycles. The lowest BCUT2D eigenvalue weighted by atomic mass is 10.0. The summed E-state index contributed by atoms with van der Waals surface area (Å²) in [6.07, 6.45) is 3.42. The molecule has 0 aromatic rings. The van der Waals surface area contributed by atoms with E-state index in [1.54, 1.807) is 0 Å². The molecule has 0 N–H and O–H groups in total. The van der Waals surface area contributed by atoms with Crippen molar-refractivity contribution in [2.45, 2.75) is 65.6 Å². The van der Waals surface area contributed by atoms with Crippen molar-refractivity contribution in [3.05, 3.63) is 0 Å². The Kier molecular flexibility index (Phi) is 6.38. The number of nitrogens with zero attached hydrogens (tertiary/aromatic N) is 1. The molecule has 0 aliphatic heterocycles. The van der Waals surface area contributed by atoms with Crippen LogP contribution in [0.25, 0.3) is 0 Å². The average molecular weight is 201 g/mol. The van der Waals surface area contributed by atoms with Crippen molar-refractivity contribution in [2.24, 2.45) is 0 Å². The quantitative estimate of drug-likeness (QED) is 0.586. The van der Waals surface area contributed by atoms with E-state index in [4.69, 9.17) is 4.74 Å². The Labute approximate surface area is 89.6 Å². The Hall–Kier alpha value is -0.0800. The van der Waals surface area contributed by atoms with Crippen molar-refractivity contribution in [1.29, 1.82) is 0 Å². The summed E-state index contributed by atoms with van der Waals surface area (Å²) in [7, 11) is 2.18. The normalized spacial score (nSPS) is 16.3. The highest BCUT2D eigenvalue weighted by Crippen LogP contribution is 2.24. The molecule has 0 aliphatic carbocycles. The van der Waals surface area contributed by atoms with E-state index in [0.717, 1.165) is 13.0 Å². The van der Waals surface area contributed by atoms with Crippen molar-refractivity contribution >= 4 is 0 Å². The maximum Gasteiger partial charge on any atom is 0.118 e. The monoisotopic (exact) mass is 201 g/mol. The summed E-state index contributed by atoms with van der Waals surface area (Å²) in [6.45, 7) is 11.7. The van der Waals surface area contributed by atoms with Crippen molar-refractivity contribution in [3.8, 4) is 0 Å². The predicted octanol–water partition coefficient (Wildman–Crippen LogP) is 3.27. The second-order valence-corrected chi connectivity index (χ2v) is 4.04. The molecule has 0 spiro atoms. The summed E-state index contributed by atoms with van der Waals surface area (Å²) >= 11 is 0. The molecule has 86 valence electrons. The molecule has 0 amide bonds. The molecule has 0 radical (unpaired) electrons. The first-order valence-corrected chi connectivity index (χ1v) is 5.92. The molecular weight excluding hydrogens is 174 g/mol. The Morgan fingerprint density at radius 2 is 1.64 bits per heavy atom. The summed E-state index contributed by atoms with van der Waals surface area (Å²) in [6, 6.07) is 0.631. The van der Waals surface area contributed by atoms with E-state index in [-0.39, 0.29) is 5.72 Å². The third-order valence-corrected chi connectivity index (χ3v) is 3.35. The van der Waals surface area contributed by atoms with Crippen LogP contribution in [0.1, 0.15) is 53.9 Å². The highest BCUT2D eigenvalue weighted by molar-refractivity contribution is 4.78. The zero-order valence-corrected chi connectivity index (χ0v) is 10.8. The van der Waals surface area contributed by atoms with Gasteiger partial charge in [-0.25, -0.2) is 0 Å². The second kappa shape index (κ2) is 6.41. The van der Waals surface area contributed by atoms with Crippen LogP contribution >= 0.6 is 0 Å². The lowest BCUT2D eigenvalue weighted by Gasteiger charge is -2.42. The van der Waals surface area contributed by atoms with Gasteiger partial charge in [0.25, 0.3) is 0 Å². The van der Waals surface area contributed by atoms with Crippen molar-refractivity contribution in [2.75, 3.05) is 13.7 Å². The van der Waals surface area contributed by atoms with Gasteiger partial charge in [0.15, 0.2) is 0 Å². The van der Waals surface area contributed by atoms with Gasteiger partial charge in [-0.3, -0.25) is 4.90 Å². The van der Waals surface area contributed by atoms with Crippen LogP contribution in [-0.4, -0.2) is 30.3 Å². The van der Waals surface area contributed by atoms with Gasteiger partial charge < -0.3 is 4.74 Å². The van der Waals surface area contributed by atoms with E-state index < -0.39 is 0 Å². The van der Waals surface area contributed by atoms with Gasteiger partial charge in [-0.1, -0.05) is 20.8 Å². The molecule has 0 fully saturated rings. The minimum absolute atomic E-state index is 0.0918. The number of hydrogen-bond acceptors (Lipinski definition) is 2. The smallest absolute Gasteiger partial charge is 0.118 e. The van der Waals surface area contributed by atoms with E-state index in [1.807, 2.05) is 0 Å². The van der Waals surface area contributed by atoms with E-state index in [2.05, 4.69) is 46.6 Å². The highest BCUT2D eigenvalue weighted by atomic mass is 16.5. The first-order chi connectivity index (χ1) is 6.55. The average Bonchev–Trinajstić information content (AvgIpc) is 2.19. The van der Waals surface area contributed by atoms with Gasteiger partial charge in [-0.05, 0) is 40.2 Å². The minimum atomic E-state index is -0.0918. The lowest BCUT2D eigenvalue weighted by molar-refractivity contribution is -0.149. The van der Waals surface area contributed by atoms with Gasteiger partial charge in [0.1, 0.15) is 5.72 Å². The molecule has 0 aromatic heterocycles. The van der Waals surface area contributed by atoms with Crippen LogP contribution in [0.4, 0.5) is 0 Å². The van der Waals surface area contributed by atoms with E-state index >= 15 is 0 Å². The van der Waals surface area contributed by atoms with Crippen LogP contribution in [0.2, 0.25) is 0 Å². The van der Waals surface area contributed by atoms with Crippen LogP contribution in [0.5, 0.6) is 0 Å². The fourth-order valence-corrected chi connectivity index (χ4v) is 1.99. The van der Waals surface area contributed by atoms with Gasteiger partial charge in [-0.15, -0.1) is 0 Å². The zero-order chi connectivity index (χ0) is 11.2. The fourth-order valence-electron chi connectivity index (χ4n) is 1.99. The summed E-state index contributed by atoms with van der Waals surface area (Å²) in [5.74, 6) is 0. The van der Waals surface area contributed by atoms with Gasteiger partial charge in [0, 0.05) is 12.6 Å². The van der Waals surface area contributed by atoms with E-state index in [1.165, 1.54) is 12.8 Å². The minimum Gasteiger partial charge on any atom is -0.361 e. The molecule has 1 unspecified atom stereocenters. The second-order valence-electron chi connectivity index (χ2n) is 4.04. The Morgan fingerprint density at radius 3 is 1.93 bits per heavy atom. The fraction of sp³-hybridized carbons (Fsp3) is 1.00. The third-order valence-electron chi connectivity index (χ3n) is 3.35. The first-order valence-electron chi connectivity index (χ1n) is 5.92. The van der Waals surface area contributed by atoms with Crippen LogP contribution in [0, 0.1) is 0 Å². The summed E-state index contributed by atoms with van der Waals surface area (Å²) in [4.78, 5) is 2.39. The SMILES string of the molecule is CCOC(C)(CC)N(C)C(CC)CC. The Balaban J connectivity index is 4.48. The van der Waals surface area contributed by atoms with Gasteiger partial charge in [-0.2, -0.15) is 0 Å². The molecule has 0 aromatic carbocycles. The third kappa shape index (κ3) is 3.25. The van der Waals surface area contributed by atoms with Crippen LogP contribution < -0.4 is 0 Å². The summed E-state index contributed by atoms with van der Waals surface area (Å²) in [5.41, 5.74) is -0.0918. The topological polar surface area (TPSA) is 12.5 Å². The van der Waals surface area contributed by atoms with Gasteiger partial charge in [0.05, 0.1) is 0 Å². The van der Waals surface area contributed by atoms with Crippen molar-refractivity contribution < 1.29 is 4.74 Å². The molecule has 14 heavy (non-hydrogen) atoms. The molecule has 0 bridgehead atoms. The number of rotatable bonds is 7. The highest BCUT2D eigenvalue weighted by Gasteiger charge is 2.31. The standard InChI is InChI=1S/C12H27NO/c1-7-11(8-2)13(6)12(5,9-3)14-10-4/h11H,7-10H2,1-6H3. The molecular formula is C12H27NO. The van der Waals surface area contributed by atoms with Gasteiger partial charge in [0.2, 0.25) is 0 Å². The summed E-state index contributed by atoms with van der Waals surface area (Å²) < 4.78 is 5.85. The van der Waals surface area contributed by atoms with Crippen molar-refractivity contribution in [1.82, 2.24) is 4.90 Å². The Bertz CT molecular complexity index is 145. The molecule has 2 nitrogen and oxygen atoms in total. The summed E-state index contributed by atoms with van der Waals surface area (Å²) in [5, 5.41) is 0. The van der Waals surface area contributed by atoms with E-state index in [9.17, 15) is 0 Å². The lowest BCUT2D eigenvalue weighted by Crippen LogP contribution is -2.50. The Morgan fingerprint density at radius 1 is 1.14 bits per heavy atom. The molecule has 0 heterocycles. The van der Waals surface area contributed by atoms with Gasteiger partial charge >= 0.3 is 0 Å².